The van der Waals surface area contributed by atoms with Crippen LogP contribution in [-0.2, 0) is 19.1 Å². The highest BCUT2D eigenvalue weighted by Gasteiger charge is 2.40. The number of unbranched alkanes of at least 4 members (excludes halogenated alkanes) is 3. The Morgan fingerprint density at radius 3 is 2.11 bits per heavy atom. The molecule has 6 heteroatoms. The van der Waals surface area contributed by atoms with Crippen molar-refractivity contribution in [1.82, 2.24) is 9.80 Å². The van der Waals surface area contributed by atoms with E-state index < -0.39 is 0 Å². The first-order chi connectivity index (χ1) is 13.7. The Morgan fingerprint density at radius 2 is 1.54 bits per heavy atom. The summed E-state index contributed by atoms with van der Waals surface area (Å²) < 4.78 is 10.4. The number of ether oxygens (including phenoxy) is 2. The van der Waals surface area contributed by atoms with E-state index in [0.717, 1.165) is 31.2 Å². The minimum atomic E-state index is -0.215. The van der Waals surface area contributed by atoms with Gasteiger partial charge >= 0.3 is 0 Å². The fourth-order valence-electron chi connectivity index (χ4n) is 3.36. The van der Waals surface area contributed by atoms with E-state index in [4.69, 9.17) is 9.47 Å². The molecule has 0 N–H and O–H groups in total. The normalized spacial score (nSPS) is 14.3. The fourth-order valence-corrected chi connectivity index (χ4v) is 3.36. The lowest BCUT2D eigenvalue weighted by molar-refractivity contribution is -0.137. The van der Waals surface area contributed by atoms with Crippen LogP contribution in [0, 0.1) is 0 Å². The second kappa shape index (κ2) is 11.6. The molecule has 0 spiro atoms. The molecule has 0 unspecified atom stereocenters. The number of imide groups is 1. The molecule has 0 saturated heterocycles. The average Bonchev–Trinajstić information content (AvgIpc) is 2.96. The van der Waals surface area contributed by atoms with Crippen molar-refractivity contribution in [2.45, 2.75) is 32.6 Å². The molecule has 0 radical (unpaired) electrons. The number of nitrogens with zero attached hydrogens (tertiary/aromatic N) is 2. The molecule has 6 nitrogen and oxygen atoms in total. The molecular formula is C22H32N2O4. The van der Waals surface area contributed by atoms with E-state index in [9.17, 15) is 9.59 Å². The van der Waals surface area contributed by atoms with E-state index in [1.54, 1.807) is 14.2 Å². The van der Waals surface area contributed by atoms with E-state index in [-0.39, 0.29) is 11.8 Å². The molecule has 2 rings (SSSR count). The summed E-state index contributed by atoms with van der Waals surface area (Å²) in [4.78, 5) is 29.8. The summed E-state index contributed by atoms with van der Waals surface area (Å²) in [5.74, 6) is -0.421. The van der Waals surface area contributed by atoms with Gasteiger partial charge in [-0.3, -0.25) is 14.5 Å². The molecule has 28 heavy (non-hydrogen) atoms. The third kappa shape index (κ3) is 5.42. The standard InChI is InChI=1S/C22H32N2O4/c1-4-5-6-10-13-24-21(25)19(18-11-8-7-9-12-18)20(22(24)26)23(14-16-27-2)15-17-28-3/h7-9,11-12H,4-6,10,13-17H2,1-3H3. The summed E-state index contributed by atoms with van der Waals surface area (Å²) in [5.41, 5.74) is 1.71. The zero-order valence-corrected chi connectivity index (χ0v) is 17.3. The first-order valence-electron chi connectivity index (χ1n) is 10.0. The van der Waals surface area contributed by atoms with Crippen LogP contribution in [0.3, 0.4) is 0 Å². The van der Waals surface area contributed by atoms with Gasteiger partial charge in [-0.1, -0.05) is 56.5 Å². The van der Waals surface area contributed by atoms with E-state index in [2.05, 4.69) is 6.92 Å². The Bertz CT molecular complexity index is 664. The second-order valence-electron chi connectivity index (χ2n) is 6.88. The van der Waals surface area contributed by atoms with Crippen LogP contribution < -0.4 is 0 Å². The Kier molecular flexibility index (Phi) is 9.17. The summed E-state index contributed by atoms with van der Waals surface area (Å²) in [7, 11) is 3.26. The monoisotopic (exact) mass is 388 g/mol. The maximum Gasteiger partial charge on any atom is 0.277 e. The minimum absolute atomic E-state index is 0.206. The first kappa shape index (κ1) is 22.1. The minimum Gasteiger partial charge on any atom is -0.383 e. The van der Waals surface area contributed by atoms with Gasteiger partial charge in [0.1, 0.15) is 5.70 Å². The molecule has 1 aliphatic rings. The van der Waals surface area contributed by atoms with Crippen molar-refractivity contribution in [2.24, 2.45) is 0 Å². The molecule has 0 aromatic heterocycles. The van der Waals surface area contributed by atoms with Gasteiger partial charge in [-0.25, -0.2) is 0 Å². The van der Waals surface area contributed by atoms with Crippen LogP contribution in [0.5, 0.6) is 0 Å². The van der Waals surface area contributed by atoms with Crippen LogP contribution in [0.1, 0.15) is 38.2 Å². The second-order valence-corrected chi connectivity index (χ2v) is 6.88. The Hall–Kier alpha value is -2.18. The number of hydrogen-bond donors (Lipinski definition) is 0. The SMILES string of the molecule is CCCCCCN1C(=O)C(c2ccccc2)=C(N(CCOC)CCOC)C1=O. The number of carbonyl (C=O) groups excluding carboxylic acids is 2. The van der Waals surface area contributed by atoms with E-state index in [1.807, 2.05) is 35.2 Å². The summed E-state index contributed by atoms with van der Waals surface area (Å²) in [6, 6.07) is 9.44. The number of rotatable bonds is 13. The van der Waals surface area contributed by atoms with Gasteiger partial charge < -0.3 is 14.4 Å². The average molecular weight is 389 g/mol. The molecule has 0 saturated carbocycles. The molecule has 0 fully saturated rings. The van der Waals surface area contributed by atoms with Gasteiger partial charge in [-0.05, 0) is 12.0 Å². The third-order valence-electron chi connectivity index (χ3n) is 4.89. The predicted molar refractivity (Wildman–Crippen MR) is 110 cm³/mol. The Morgan fingerprint density at radius 1 is 0.893 bits per heavy atom. The summed E-state index contributed by atoms with van der Waals surface area (Å²) in [6.45, 7) is 4.58. The molecule has 154 valence electrons. The first-order valence-corrected chi connectivity index (χ1v) is 10.0. The predicted octanol–water partition coefficient (Wildman–Crippen LogP) is 2.94. The molecule has 1 aliphatic heterocycles. The molecule has 0 aliphatic carbocycles. The van der Waals surface area contributed by atoms with Crippen molar-refractivity contribution >= 4 is 17.4 Å². The quantitative estimate of drug-likeness (QED) is 0.384. The van der Waals surface area contributed by atoms with Gasteiger partial charge in [0.25, 0.3) is 11.8 Å². The maximum atomic E-state index is 13.3. The summed E-state index contributed by atoms with van der Waals surface area (Å²) in [6.07, 6.45) is 4.07. The zero-order valence-electron chi connectivity index (χ0n) is 17.3. The number of carbonyl (C=O) groups is 2. The largest absolute Gasteiger partial charge is 0.383 e. The topological polar surface area (TPSA) is 59.1 Å². The van der Waals surface area contributed by atoms with E-state index in [0.29, 0.717) is 44.1 Å². The van der Waals surface area contributed by atoms with Crippen molar-refractivity contribution in [1.29, 1.82) is 0 Å². The Balaban J connectivity index is 2.36. The van der Waals surface area contributed by atoms with Crippen molar-refractivity contribution < 1.29 is 19.1 Å². The van der Waals surface area contributed by atoms with Gasteiger partial charge in [-0.2, -0.15) is 0 Å². The van der Waals surface area contributed by atoms with E-state index >= 15 is 0 Å². The smallest absolute Gasteiger partial charge is 0.277 e. The van der Waals surface area contributed by atoms with Gasteiger partial charge in [0, 0.05) is 33.9 Å². The third-order valence-corrected chi connectivity index (χ3v) is 4.89. The number of amides is 2. The van der Waals surface area contributed by atoms with Crippen LogP contribution in [0.2, 0.25) is 0 Å². The molecule has 2 amide bonds. The molecule has 1 aromatic rings. The maximum absolute atomic E-state index is 13.3. The van der Waals surface area contributed by atoms with E-state index in [1.165, 1.54) is 4.90 Å². The highest BCUT2D eigenvalue weighted by Crippen LogP contribution is 2.31. The lowest BCUT2D eigenvalue weighted by Gasteiger charge is -2.25. The molecular weight excluding hydrogens is 356 g/mol. The number of hydrogen-bond acceptors (Lipinski definition) is 5. The molecule has 1 aromatic carbocycles. The van der Waals surface area contributed by atoms with Gasteiger partial charge in [0.05, 0.1) is 18.8 Å². The van der Waals surface area contributed by atoms with Crippen LogP contribution in [0.15, 0.2) is 36.0 Å². The fraction of sp³-hybridized carbons (Fsp3) is 0.545. The van der Waals surface area contributed by atoms with Gasteiger partial charge in [0.2, 0.25) is 0 Å². The van der Waals surface area contributed by atoms with Crippen LogP contribution in [0.4, 0.5) is 0 Å². The van der Waals surface area contributed by atoms with Gasteiger partial charge in [-0.15, -0.1) is 0 Å². The lowest BCUT2D eigenvalue weighted by Crippen LogP contribution is -2.38. The number of benzene rings is 1. The molecule has 0 atom stereocenters. The summed E-state index contributed by atoms with van der Waals surface area (Å²) >= 11 is 0. The zero-order chi connectivity index (χ0) is 20.4. The van der Waals surface area contributed by atoms with Crippen molar-refractivity contribution in [3.8, 4) is 0 Å². The Labute approximate surface area is 168 Å². The highest BCUT2D eigenvalue weighted by molar-refractivity contribution is 6.35. The highest BCUT2D eigenvalue weighted by atomic mass is 16.5. The number of methoxy groups -OCH3 is 2. The van der Waals surface area contributed by atoms with Crippen LogP contribution in [-0.4, -0.2) is 68.7 Å². The summed E-state index contributed by atoms with van der Waals surface area (Å²) in [5, 5.41) is 0. The van der Waals surface area contributed by atoms with Crippen molar-refractivity contribution in [3.63, 3.8) is 0 Å². The molecule has 0 bridgehead atoms. The van der Waals surface area contributed by atoms with Crippen LogP contribution in [0.25, 0.3) is 5.57 Å². The van der Waals surface area contributed by atoms with Crippen molar-refractivity contribution in [2.75, 3.05) is 47.1 Å². The van der Waals surface area contributed by atoms with Crippen LogP contribution >= 0.6 is 0 Å². The lowest BCUT2D eigenvalue weighted by atomic mass is 10.0. The molecule has 1 heterocycles. The van der Waals surface area contributed by atoms with Crippen molar-refractivity contribution in [3.05, 3.63) is 41.6 Å². The van der Waals surface area contributed by atoms with Gasteiger partial charge in [0.15, 0.2) is 0 Å².